The lowest BCUT2D eigenvalue weighted by Gasteiger charge is -2.17. The van der Waals surface area contributed by atoms with E-state index in [2.05, 4.69) is 10.3 Å². The fourth-order valence-electron chi connectivity index (χ4n) is 2.59. The molecule has 2 aromatic carbocycles. The lowest BCUT2D eigenvalue weighted by atomic mass is 10.2. The monoisotopic (exact) mass is 350 g/mol. The van der Waals surface area contributed by atoms with E-state index in [0.29, 0.717) is 29.7 Å². The van der Waals surface area contributed by atoms with E-state index in [9.17, 15) is 14.9 Å². The summed E-state index contributed by atoms with van der Waals surface area (Å²) in [5.41, 5.74) is 1.55. The van der Waals surface area contributed by atoms with Crippen molar-refractivity contribution < 1.29 is 9.72 Å². The van der Waals surface area contributed by atoms with Gasteiger partial charge >= 0.3 is 0 Å². The van der Waals surface area contributed by atoms with E-state index in [1.165, 1.54) is 12.1 Å². The van der Waals surface area contributed by atoms with Crippen LogP contribution in [0.15, 0.2) is 60.7 Å². The first-order valence-electron chi connectivity index (χ1n) is 8.15. The van der Waals surface area contributed by atoms with Gasteiger partial charge in [-0.15, -0.1) is 0 Å². The average Bonchev–Trinajstić information content (AvgIpc) is 2.67. The molecule has 0 unspecified atom stereocenters. The fourth-order valence-corrected chi connectivity index (χ4v) is 2.59. The number of fused-ring (bicyclic) bond motifs is 1. The maximum atomic E-state index is 12.2. The zero-order chi connectivity index (χ0) is 18.5. The number of carbonyl (C=O) groups is 1. The normalized spacial score (nSPS) is 10.5. The van der Waals surface area contributed by atoms with Crippen LogP contribution in [0.3, 0.4) is 0 Å². The van der Waals surface area contributed by atoms with Crippen molar-refractivity contribution >= 4 is 34.0 Å². The van der Waals surface area contributed by atoms with Crippen LogP contribution >= 0.6 is 0 Å². The van der Waals surface area contributed by atoms with Gasteiger partial charge in [0.2, 0.25) is 5.91 Å². The highest BCUT2D eigenvalue weighted by atomic mass is 16.6. The second-order valence-electron chi connectivity index (χ2n) is 5.80. The molecule has 132 valence electrons. The number of benzene rings is 2. The molecule has 0 radical (unpaired) electrons. The summed E-state index contributed by atoms with van der Waals surface area (Å²) in [6.45, 7) is 0.446. The van der Waals surface area contributed by atoms with Crippen LogP contribution in [-0.4, -0.2) is 29.4 Å². The second-order valence-corrected chi connectivity index (χ2v) is 5.80. The smallest absolute Gasteiger partial charge is 0.270 e. The third-order valence-corrected chi connectivity index (χ3v) is 4.05. The standard InChI is InChI=1S/C19H18N4O3/c1-22(15-5-3-2-4-6-15)19(24)11-12-20-18-10-7-14-13-16(23(25)26)8-9-17(14)21-18/h2-10,13H,11-12H2,1H3,(H,20,21). The molecule has 0 saturated heterocycles. The van der Waals surface area contributed by atoms with E-state index in [0.717, 1.165) is 5.69 Å². The Morgan fingerprint density at radius 1 is 1.15 bits per heavy atom. The van der Waals surface area contributed by atoms with Gasteiger partial charge in [-0.05, 0) is 30.3 Å². The van der Waals surface area contributed by atoms with Crippen LogP contribution in [0.2, 0.25) is 0 Å². The fraction of sp³-hybridized carbons (Fsp3) is 0.158. The van der Waals surface area contributed by atoms with Crippen LogP contribution < -0.4 is 10.2 Å². The number of non-ortho nitro benzene ring substituents is 1. The molecule has 0 aliphatic carbocycles. The summed E-state index contributed by atoms with van der Waals surface area (Å²) >= 11 is 0. The first-order chi connectivity index (χ1) is 12.5. The highest BCUT2D eigenvalue weighted by Gasteiger charge is 2.11. The molecule has 0 bridgehead atoms. The molecule has 1 N–H and O–H groups in total. The highest BCUT2D eigenvalue weighted by molar-refractivity contribution is 5.93. The summed E-state index contributed by atoms with van der Waals surface area (Å²) in [5, 5.41) is 14.6. The number of nitro benzene ring substituents is 1. The molecule has 1 aromatic heterocycles. The van der Waals surface area contributed by atoms with Crippen molar-refractivity contribution in [1.82, 2.24) is 4.98 Å². The predicted molar refractivity (Wildman–Crippen MR) is 101 cm³/mol. The number of nitro groups is 1. The molecular weight excluding hydrogens is 332 g/mol. The molecule has 1 amide bonds. The van der Waals surface area contributed by atoms with E-state index in [1.54, 1.807) is 30.1 Å². The Kier molecular flexibility index (Phi) is 5.07. The van der Waals surface area contributed by atoms with Gasteiger partial charge in [0.25, 0.3) is 5.69 Å². The van der Waals surface area contributed by atoms with E-state index >= 15 is 0 Å². The van der Waals surface area contributed by atoms with Crippen LogP contribution in [0, 0.1) is 10.1 Å². The van der Waals surface area contributed by atoms with Gasteiger partial charge in [0.1, 0.15) is 5.82 Å². The highest BCUT2D eigenvalue weighted by Crippen LogP contribution is 2.21. The number of rotatable bonds is 6. The number of pyridine rings is 1. The number of hydrogen-bond acceptors (Lipinski definition) is 5. The molecule has 0 aliphatic rings. The summed E-state index contributed by atoms with van der Waals surface area (Å²) < 4.78 is 0. The lowest BCUT2D eigenvalue weighted by molar-refractivity contribution is -0.384. The molecule has 1 heterocycles. The van der Waals surface area contributed by atoms with E-state index < -0.39 is 4.92 Å². The summed E-state index contributed by atoms with van der Waals surface area (Å²) in [6, 6.07) is 17.5. The SMILES string of the molecule is CN(C(=O)CCNc1ccc2cc([N+](=O)[O-])ccc2n1)c1ccccc1. The zero-order valence-corrected chi connectivity index (χ0v) is 14.3. The minimum absolute atomic E-state index is 0.000106. The lowest BCUT2D eigenvalue weighted by Crippen LogP contribution is -2.27. The topological polar surface area (TPSA) is 88.4 Å². The summed E-state index contributed by atoms with van der Waals surface area (Å²) in [6.07, 6.45) is 0.325. The molecule has 7 nitrogen and oxygen atoms in total. The van der Waals surface area contributed by atoms with Crippen molar-refractivity contribution in [3.05, 3.63) is 70.8 Å². The minimum Gasteiger partial charge on any atom is -0.370 e. The Morgan fingerprint density at radius 2 is 1.92 bits per heavy atom. The number of hydrogen-bond donors (Lipinski definition) is 1. The van der Waals surface area contributed by atoms with Gasteiger partial charge in [-0.2, -0.15) is 0 Å². The quantitative estimate of drug-likeness (QED) is 0.542. The van der Waals surface area contributed by atoms with Crippen molar-refractivity contribution in [3.63, 3.8) is 0 Å². The number of para-hydroxylation sites is 1. The van der Waals surface area contributed by atoms with Crippen LogP contribution in [-0.2, 0) is 4.79 Å². The zero-order valence-electron chi connectivity index (χ0n) is 14.3. The molecule has 3 aromatic rings. The predicted octanol–water partition coefficient (Wildman–Crippen LogP) is 3.61. The van der Waals surface area contributed by atoms with Gasteiger partial charge in [0, 0.05) is 43.2 Å². The molecule has 3 rings (SSSR count). The van der Waals surface area contributed by atoms with Crippen molar-refractivity contribution in [2.45, 2.75) is 6.42 Å². The van der Waals surface area contributed by atoms with Gasteiger partial charge in [0.15, 0.2) is 0 Å². The molecule has 26 heavy (non-hydrogen) atoms. The van der Waals surface area contributed by atoms with E-state index in [1.807, 2.05) is 30.3 Å². The van der Waals surface area contributed by atoms with Crippen molar-refractivity contribution in [2.75, 3.05) is 23.8 Å². The third kappa shape index (κ3) is 3.94. The summed E-state index contributed by atoms with van der Waals surface area (Å²) in [5.74, 6) is 0.627. The number of aromatic nitrogens is 1. The maximum absolute atomic E-state index is 12.2. The van der Waals surface area contributed by atoms with Crippen LogP contribution in [0.5, 0.6) is 0 Å². The Balaban J connectivity index is 1.60. The molecule has 0 saturated carbocycles. The molecule has 0 atom stereocenters. The van der Waals surface area contributed by atoms with Crippen molar-refractivity contribution in [1.29, 1.82) is 0 Å². The minimum atomic E-state index is -0.430. The molecule has 0 aliphatic heterocycles. The van der Waals surface area contributed by atoms with Crippen molar-refractivity contribution in [2.24, 2.45) is 0 Å². The Hall–Kier alpha value is -3.48. The number of carbonyl (C=O) groups excluding carboxylic acids is 1. The number of anilines is 2. The number of nitrogens with one attached hydrogen (secondary N) is 1. The number of amides is 1. The van der Waals surface area contributed by atoms with Gasteiger partial charge in [-0.3, -0.25) is 14.9 Å². The van der Waals surface area contributed by atoms with Gasteiger partial charge in [0.05, 0.1) is 10.4 Å². The molecule has 0 spiro atoms. The Morgan fingerprint density at radius 3 is 2.65 bits per heavy atom. The van der Waals surface area contributed by atoms with Crippen molar-refractivity contribution in [3.8, 4) is 0 Å². The van der Waals surface area contributed by atoms with Gasteiger partial charge in [-0.25, -0.2) is 4.98 Å². The number of nitrogens with zero attached hydrogens (tertiary/aromatic N) is 3. The first kappa shape index (κ1) is 17.3. The first-order valence-corrected chi connectivity index (χ1v) is 8.15. The second kappa shape index (κ2) is 7.60. The van der Waals surface area contributed by atoms with Crippen LogP contribution in [0.1, 0.15) is 6.42 Å². The molecular formula is C19H18N4O3. The van der Waals surface area contributed by atoms with Crippen LogP contribution in [0.25, 0.3) is 10.9 Å². The van der Waals surface area contributed by atoms with Crippen LogP contribution in [0.4, 0.5) is 17.2 Å². The summed E-state index contributed by atoms with van der Waals surface area (Å²) in [7, 11) is 1.75. The third-order valence-electron chi connectivity index (χ3n) is 4.05. The van der Waals surface area contributed by atoms with Gasteiger partial charge < -0.3 is 10.2 Å². The van der Waals surface area contributed by atoms with E-state index in [4.69, 9.17) is 0 Å². The largest absolute Gasteiger partial charge is 0.370 e. The molecule has 7 heteroatoms. The Bertz CT molecular complexity index is 944. The van der Waals surface area contributed by atoms with E-state index in [-0.39, 0.29) is 11.6 Å². The van der Waals surface area contributed by atoms with Gasteiger partial charge in [-0.1, -0.05) is 18.2 Å². The Labute approximate surface area is 150 Å². The maximum Gasteiger partial charge on any atom is 0.270 e. The average molecular weight is 350 g/mol. The summed E-state index contributed by atoms with van der Waals surface area (Å²) in [4.78, 5) is 28.7. The molecule has 0 fully saturated rings.